The van der Waals surface area contributed by atoms with Crippen molar-refractivity contribution in [2.75, 3.05) is 18.5 Å². The van der Waals surface area contributed by atoms with Crippen molar-refractivity contribution in [1.29, 1.82) is 0 Å². The molecule has 0 aliphatic heterocycles. The monoisotopic (exact) mass is 332 g/mol. The first-order valence-electron chi connectivity index (χ1n) is 7.67. The zero-order valence-electron chi connectivity index (χ0n) is 13.7. The Bertz CT molecular complexity index is 690. The van der Waals surface area contributed by atoms with Crippen molar-refractivity contribution in [3.8, 4) is 5.75 Å². The quantitative estimate of drug-likeness (QED) is 0.760. The molecule has 0 radical (unpaired) electrons. The number of hydrogen-bond acceptors (Lipinski definition) is 3. The fraction of sp³-hybridized carbons (Fsp3) is 0.278. The van der Waals surface area contributed by atoms with Gasteiger partial charge in [0.25, 0.3) is 0 Å². The topological polar surface area (TPSA) is 70.6 Å². The minimum atomic E-state index is -1.20. The van der Waals surface area contributed by atoms with Gasteiger partial charge < -0.3 is 20.5 Å². The van der Waals surface area contributed by atoms with Crippen molar-refractivity contribution in [2.24, 2.45) is 0 Å². The Morgan fingerprint density at radius 3 is 2.62 bits per heavy atom. The molecule has 0 fully saturated rings. The van der Waals surface area contributed by atoms with Crippen LogP contribution < -0.4 is 15.4 Å². The molecule has 1 atom stereocenters. The second kappa shape index (κ2) is 7.79. The Kier molecular flexibility index (Phi) is 5.76. The maximum Gasteiger partial charge on any atom is 0.319 e. The second-order valence-electron chi connectivity index (χ2n) is 5.52. The van der Waals surface area contributed by atoms with E-state index in [1.54, 1.807) is 26.0 Å². The summed E-state index contributed by atoms with van der Waals surface area (Å²) in [5, 5.41) is 15.7. The number of urea groups is 1. The van der Waals surface area contributed by atoms with Crippen LogP contribution >= 0.6 is 0 Å². The summed E-state index contributed by atoms with van der Waals surface area (Å²) >= 11 is 0. The molecule has 24 heavy (non-hydrogen) atoms. The summed E-state index contributed by atoms with van der Waals surface area (Å²) in [5.41, 5.74) is -0.151. The zero-order valence-corrected chi connectivity index (χ0v) is 13.7. The van der Waals surface area contributed by atoms with E-state index in [4.69, 9.17) is 4.74 Å². The van der Waals surface area contributed by atoms with Gasteiger partial charge in [-0.25, -0.2) is 9.18 Å². The van der Waals surface area contributed by atoms with Gasteiger partial charge in [-0.3, -0.25) is 0 Å². The van der Waals surface area contributed by atoms with Crippen molar-refractivity contribution < 1.29 is 19.0 Å². The lowest BCUT2D eigenvalue weighted by Crippen LogP contribution is -2.40. The van der Waals surface area contributed by atoms with E-state index in [0.717, 1.165) is 0 Å². The summed E-state index contributed by atoms with van der Waals surface area (Å²) in [7, 11) is 0. The fourth-order valence-electron chi connectivity index (χ4n) is 2.19. The van der Waals surface area contributed by atoms with Crippen LogP contribution in [0.25, 0.3) is 0 Å². The second-order valence-corrected chi connectivity index (χ2v) is 5.52. The third kappa shape index (κ3) is 4.70. The van der Waals surface area contributed by atoms with Crippen LogP contribution in [0, 0.1) is 5.82 Å². The van der Waals surface area contributed by atoms with E-state index in [-0.39, 0.29) is 12.3 Å². The number of carbonyl (C=O) groups is 1. The standard InChI is InChI=1S/C18H21FN2O3/c1-3-24-16-11-14(19)9-10-15(16)21-17(22)20-12-18(2,23)13-7-5-4-6-8-13/h4-11,23H,3,12H2,1-2H3,(H2,20,21,22). The van der Waals surface area contributed by atoms with E-state index < -0.39 is 17.4 Å². The summed E-state index contributed by atoms with van der Waals surface area (Å²) < 4.78 is 18.6. The van der Waals surface area contributed by atoms with Crippen LogP contribution in [-0.2, 0) is 5.60 Å². The molecule has 3 N–H and O–H groups in total. The lowest BCUT2D eigenvalue weighted by Gasteiger charge is -2.24. The molecule has 0 saturated heterocycles. The zero-order chi connectivity index (χ0) is 17.6. The lowest BCUT2D eigenvalue weighted by atomic mass is 9.96. The van der Waals surface area contributed by atoms with Crippen LogP contribution in [0.3, 0.4) is 0 Å². The number of halogens is 1. The molecule has 5 nitrogen and oxygen atoms in total. The molecule has 0 spiro atoms. The molecule has 2 amide bonds. The third-order valence-electron chi connectivity index (χ3n) is 3.48. The van der Waals surface area contributed by atoms with Gasteiger partial charge in [0.2, 0.25) is 0 Å². The van der Waals surface area contributed by atoms with E-state index in [9.17, 15) is 14.3 Å². The van der Waals surface area contributed by atoms with Gasteiger partial charge in [-0.05, 0) is 31.5 Å². The van der Waals surface area contributed by atoms with Crippen molar-refractivity contribution in [1.82, 2.24) is 5.32 Å². The Labute approximate surface area is 140 Å². The number of amides is 2. The molecule has 0 saturated carbocycles. The predicted octanol–water partition coefficient (Wildman–Crippen LogP) is 3.25. The first-order valence-corrected chi connectivity index (χ1v) is 7.67. The Morgan fingerprint density at radius 2 is 1.96 bits per heavy atom. The van der Waals surface area contributed by atoms with Gasteiger partial charge in [-0.1, -0.05) is 30.3 Å². The van der Waals surface area contributed by atoms with Gasteiger partial charge >= 0.3 is 6.03 Å². The van der Waals surface area contributed by atoms with E-state index in [0.29, 0.717) is 17.9 Å². The number of anilines is 1. The highest BCUT2D eigenvalue weighted by Crippen LogP contribution is 2.25. The van der Waals surface area contributed by atoms with Gasteiger partial charge in [-0.2, -0.15) is 0 Å². The molecule has 0 aliphatic rings. The van der Waals surface area contributed by atoms with Gasteiger partial charge in [0, 0.05) is 6.07 Å². The first-order chi connectivity index (χ1) is 11.4. The molecular formula is C18H21FN2O3. The van der Waals surface area contributed by atoms with Gasteiger partial charge in [0.05, 0.1) is 18.8 Å². The average molecular weight is 332 g/mol. The normalized spacial score (nSPS) is 13.0. The largest absolute Gasteiger partial charge is 0.492 e. The molecule has 128 valence electrons. The molecule has 1 unspecified atom stereocenters. The minimum absolute atomic E-state index is 0.0218. The Balaban J connectivity index is 1.99. The SMILES string of the molecule is CCOc1cc(F)ccc1NC(=O)NCC(C)(O)c1ccccc1. The number of ether oxygens (including phenoxy) is 1. The van der Waals surface area contributed by atoms with Crippen LogP contribution in [0.5, 0.6) is 5.75 Å². The van der Waals surface area contributed by atoms with E-state index in [2.05, 4.69) is 10.6 Å². The maximum absolute atomic E-state index is 13.3. The molecule has 2 aromatic carbocycles. The lowest BCUT2D eigenvalue weighted by molar-refractivity contribution is 0.0599. The van der Waals surface area contributed by atoms with Crippen molar-refractivity contribution >= 4 is 11.7 Å². The summed E-state index contributed by atoms with van der Waals surface area (Å²) in [5.74, 6) is -0.195. The molecule has 2 rings (SSSR count). The van der Waals surface area contributed by atoms with E-state index >= 15 is 0 Å². The highest BCUT2D eigenvalue weighted by molar-refractivity contribution is 5.90. The summed E-state index contributed by atoms with van der Waals surface area (Å²) in [6, 6.07) is 12.4. The van der Waals surface area contributed by atoms with Crippen LogP contribution in [0.2, 0.25) is 0 Å². The predicted molar refractivity (Wildman–Crippen MR) is 90.6 cm³/mol. The average Bonchev–Trinajstić information content (AvgIpc) is 2.57. The number of aliphatic hydroxyl groups is 1. The van der Waals surface area contributed by atoms with Crippen LogP contribution in [0.15, 0.2) is 48.5 Å². The first kappa shape index (κ1) is 17.7. The van der Waals surface area contributed by atoms with E-state index in [1.165, 1.54) is 18.2 Å². The molecule has 2 aromatic rings. The number of rotatable bonds is 6. The summed E-state index contributed by atoms with van der Waals surface area (Å²) in [4.78, 5) is 12.0. The van der Waals surface area contributed by atoms with Crippen molar-refractivity contribution in [2.45, 2.75) is 19.4 Å². The number of nitrogens with one attached hydrogen (secondary N) is 2. The summed E-state index contributed by atoms with van der Waals surface area (Å²) in [6.07, 6.45) is 0. The van der Waals surface area contributed by atoms with Gasteiger partial charge in [-0.15, -0.1) is 0 Å². The number of benzene rings is 2. The maximum atomic E-state index is 13.3. The fourth-order valence-corrected chi connectivity index (χ4v) is 2.19. The van der Waals surface area contributed by atoms with Crippen molar-refractivity contribution in [3.05, 3.63) is 59.9 Å². The summed E-state index contributed by atoms with van der Waals surface area (Å²) in [6.45, 7) is 3.76. The highest BCUT2D eigenvalue weighted by atomic mass is 19.1. The number of carbonyl (C=O) groups excluding carboxylic acids is 1. The van der Waals surface area contributed by atoms with Gasteiger partial charge in [0.15, 0.2) is 0 Å². The molecule has 0 bridgehead atoms. The molecular weight excluding hydrogens is 311 g/mol. The van der Waals surface area contributed by atoms with Crippen LogP contribution in [0.1, 0.15) is 19.4 Å². The van der Waals surface area contributed by atoms with E-state index in [1.807, 2.05) is 18.2 Å². The molecule has 6 heteroatoms. The molecule has 0 aliphatic carbocycles. The van der Waals surface area contributed by atoms with Crippen molar-refractivity contribution in [3.63, 3.8) is 0 Å². The smallest absolute Gasteiger partial charge is 0.319 e. The molecule has 0 aromatic heterocycles. The van der Waals surface area contributed by atoms with Gasteiger partial charge in [0.1, 0.15) is 17.2 Å². The Hall–Kier alpha value is -2.60. The highest BCUT2D eigenvalue weighted by Gasteiger charge is 2.23. The van der Waals surface area contributed by atoms with Crippen LogP contribution in [0.4, 0.5) is 14.9 Å². The Morgan fingerprint density at radius 1 is 1.25 bits per heavy atom. The minimum Gasteiger partial charge on any atom is -0.492 e. The third-order valence-corrected chi connectivity index (χ3v) is 3.48. The number of hydrogen-bond donors (Lipinski definition) is 3. The van der Waals surface area contributed by atoms with Crippen LogP contribution in [-0.4, -0.2) is 24.3 Å². The molecule has 0 heterocycles.